The minimum atomic E-state index is -0.373. The summed E-state index contributed by atoms with van der Waals surface area (Å²) in [5.74, 6) is 0.257. The largest absolute Gasteiger partial charge is 0.507 e. The van der Waals surface area contributed by atoms with Crippen LogP contribution < -0.4 is 5.63 Å². The standard InChI is InChI=1S/C23H27N3O3/c1-3-18-13-19-16(2)12-21(27)29-23(19)20(22(18)28)15-26-10-8-25(9-11-26)14-17-4-6-24-7-5-17/h4-7,12-13,28H,3,8-11,14-15H2,1-2H3. The van der Waals surface area contributed by atoms with Crippen LogP contribution in [0, 0.1) is 6.92 Å². The number of rotatable bonds is 5. The van der Waals surface area contributed by atoms with E-state index in [-0.39, 0.29) is 11.4 Å². The topological polar surface area (TPSA) is 69.8 Å². The average molecular weight is 393 g/mol. The predicted octanol–water partition coefficient (Wildman–Crippen LogP) is 3.08. The third kappa shape index (κ3) is 4.18. The maximum Gasteiger partial charge on any atom is 0.336 e. The van der Waals surface area contributed by atoms with E-state index in [1.807, 2.05) is 32.3 Å². The first-order valence-corrected chi connectivity index (χ1v) is 10.2. The summed E-state index contributed by atoms with van der Waals surface area (Å²) < 4.78 is 5.54. The van der Waals surface area contributed by atoms with Gasteiger partial charge in [-0.1, -0.05) is 6.92 Å². The molecule has 152 valence electrons. The molecule has 6 nitrogen and oxygen atoms in total. The number of benzene rings is 1. The van der Waals surface area contributed by atoms with Crippen molar-refractivity contribution in [1.29, 1.82) is 0 Å². The number of hydrogen-bond acceptors (Lipinski definition) is 6. The molecule has 0 aliphatic carbocycles. The quantitative estimate of drug-likeness (QED) is 0.672. The fourth-order valence-corrected chi connectivity index (χ4v) is 4.06. The Morgan fingerprint density at radius 2 is 1.72 bits per heavy atom. The molecule has 3 aromatic rings. The van der Waals surface area contributed by atoms with E-state index in [9.17, 15) is 9.90 Å². The average Bonchev–Trinajstić information content (AvgIpc) is 2.72. The van der Waals surface area contributed by atoms with Gasteiger partial charge in [-0.3, -0.25) is 14.8 Å². The number of piperazine rings is 1. The van der Waals surface area contributed by atoms with E-state index < -0.39 is 0 Å². The van der Waals surface area contributed by atoms with Crippen molar-refractivity contribution in [2.24, 2.45) is 0 Å². The highest BCUT2D eigenvalue weighted by Crippen LogP contribution is 2.33. The first-order valence-electron chi connectivity index (χ1n) is 10.2. The van der Waals surface area contributed by atoms with Gasteiger partial charge >= 0.3 is 5.63 Å². The van der Waals surface area contributed by atoms with Crippen molar-refractivity contribution in [3.63, 3.8) is 0 Å². The zero-order valence-electron chi connectivity index (χ0n) is 17.0. The summed E-state index contributed by atoms with van der Waals surface area (Å²) in [6, 6.07) is 7.56. The molecule has 1 aliphatic heterocycles. The molecule has 6 heteroatoms. The predicted molar refractivity (Wildman–Crippen MR) is 113 cm³/mol. The van der Waals surface area contributed by atoms with E-state index in [0.717, 1.165) is 61.2 Å². The van der Waals surface area contributed by atoms with Crippen LogP contribution in [0.2, 0.25) is 0 Å². The fraction of sp³-hybridized carbons (Fsp3) is 0.391. The monoisotopic (exact) mass is 393 g/mol. The number of aryl methyl sites for hydroxylation is 2. The molecule has 4 rings (SSSR count). The van der Waals surface area contributed by atoms with E-state index in [0.29, 0.717) is 12.1 Å². The molecule has 0 bridgehead atoms. The molecular formula is C23H27N3O3. The summed E-state index contributed by atoms with van der Waals surface area (Å²) >= 11 is 0. The first-order chi connectivity index (χ1) is 14.0. The lowest BCUT2D eigenvalue weighted by Gasteiger charge is -2.35. The van der Waals surface area contributed by atoms with Crippen molar-refractivity contribution in [1.82, 2.24) is 14.8 Å². The number of hydrogen-bond donors (Lipinski definition) is 1. The summed E-state index contributed by atoms with van der Waals surface area (Å²) in [7, 11) is 0. The molecule has 1 fully saturated rings. The Morgan fingerprint density at radius 3 is 2.38 bits per heavy atom. The molecule has 0 unspecified atom stereocenters. The Bertz CT molecular complexity index is 1050. The van der Waals surface area contributed by atoms with Gasteiger partial charge in [-0.25, -0.2) is 4.79 Å². The maximum absolute atomic E-state index is 12.0. The Labute approximate surface area is 170 Å². The summed E-state index contributed by atoms with van der Waals surface area (Å²) in [4.78, 5) is 20.8. The van der Waals surface area contributed by atoms with Gasteiger partial charge in [0.1, 0.15) is 11.3 Å². The molecule has 0 atom stereocenters. The van der Waals surface area contributed by atoms with Crippen LogP contribution in [0.4, 0.5) is 0 Å². The van der Waals surface area contributed by atoms with Crippen LogP contribution in [-0.2, 0) is 19.5 Å². The van der Waals surface area contributed by atoms with Crippen LogP contribution >= 0.6 is 0 Å². The summed E-state index contributed by atoms with van der Waals surface area (Å²) in [5.41, 5.74) is 3.91. The van der Waals surface area contributed by atoms with Gasteiger partial charge in [0.25, 0.3) is 0 Å². The molecule has 1 saturated heterocycles. The van der Waals surface area contributed by atoms with E-state index in [2.05, 4.69) is 26.9 Å². The van der Waals surface area contributed by atoms with Crippen LogP contribution in [0.25, 0.3) is 11.0 Å². The van der Waals surface area contributed by atoms with Crippen molar-refractivity contribution in [2.45, 2.75) is 33.4 Å². The Balaban J connectivity index is 1.54. The van der Waals surface area contributed by atoms with E-state index >= 15 is 0 Å². The second kappa shape index (κ2) is 8.35. The lowest BCUT2D eigenvalue weighted by molar-refractivity contribution is 0.121. The van der Waals surface area contributed by atoms with Gasteiger partial charge in [-0.15, -0.1) is 0 Å². The highest BCUT2D eigenvalue weighted by molar-refractivity contribution is 5.86. The third-order valence-corrected chi connectivity index (χ3v) is 5.77. The minimum Gasteiger partial charge on any atom is -0.507 e. The molecule has 1 aromatic carbocycles. The van der Waals surface area contributed by atoms with Crippen LogP contribution in [0.15, 0.2) is 45.9 Å². The van der Waals surface area contributed by atoms with Gasteiger partial charge in [-0.05, 0) is 48.2 Å². The molecule has 29 heavy (non-hydrogen) atoms. The highest BCUT2D eigenvalue weighted by Gasteiger charge is 2.22. The van der Waals surface area contributed by atoms with Crippen LogP contribution in [0.3, 0.4) is 0 Å². The Morgan fingerprint density at radius 1 is 1.07 bits per heavy atom. The molecule has 2 aromatic heterocycles. The number of nitrogens with zero attached hydrogens (tertiary/aromatic N) is 3. The van der Waals surface area contributed by atoms with Gasteiger partial charge in [-0.2, -0.15) is 0 Å². The number of fused-ring (bicyclic) bond motifs is 1. The Kier molecular flexibility index (Phi) is 5.65. The smallest absolute Gasteiger partial charge is 0.336 e. The second-order valence-electron chi connectivity index (χ2n) is 7.75. The van der Waals surface area contributed by atoms with Crippen molar-refractivity contribution in [2.75, 3.05) is 26.2 Å². The van der Waals surface area contributed by atoms with Gasteiger partial charge in [0.05, 0.1) is 5.56 Å². The lowest BCUT2D eigenvalue weighted by atomic mass is 9.99. The Hall–Kier alpha value is -2.70. The molecule has 0 amide bonds. The summed E-state index contributed by atoms with van der Waals surface area (Å²) in [6.07, 6.45) is 4.39. The van der Waals surface area contributed by atoms with E-state index in [1.165, 1.54) is 11.6 Å². The number of pyridine rings is 1. The minimum absolute atomic E-state index is 0.257. The van der Waals surface area contributed by atoms with E-state index in [4.69, 9.17) is 4.42 Å². The van der Waals surface area contributed by atoms with Gasteiger partial charge in [0, 0.05) is 63.1 Å². The van der Waals surface area contributed by atoms with Crippen molar-refractivity contribution in [3.8, 4) is 5.75 Å². The van der Waals surface area contributed by atoms with Crippen LogP contribution in [-0.4, -0.2) is 46.1 Å². The van der Waals surface area contributed by atoms with Crippen LogP contribution in [0.5, 0.6) is 5.75 Å². The zero-order valence-corrected chi connectivity index (χ0v) is 17.0. The zero-order chi connectivity index (χ0) is 20.4. The molecular weight excluding hydrogens is 366 g/mol. The SMILES string of the molecule is CCc1cc2c(C)cc(=O)oc2c(CN2CCN(Cc3ccncc3)CC2)c1O. The van der Waals surface area contributed by atoms with Crippen molar-refractivity contribution < 1.29 is 9.52 Å². The number of aromatic hydroxyl groups is 1. The highest BCUT2D eigenvalue weighted by atomic mass is 16.4. The van der Waals surface area contributed by atoms with Gasteiger partial charge in [0.15, 0.2) is 0 Å². The van der Waals surface area contributed by atoms with Crippen molar-refractivity contribution >= 4 is 11.0 Å². The number of phenolic OH excluding ortho intramolecular Hbond substituents is 1. The van der Waals surface area contributed by atoms with Gasteiger partial charge < -0.3 is 9.52 Å². The lowest BCUT2D eigenvalue weighted by Crippen LogP contribution is -2.45. The first kappa shape index (κ1) is 19.6. The molecule has 0 saturated carbocycles. The molecule has 1 N–H and O–H groups in total. The molecule has 0 spiro atoms. The summed E-state index contributed by atoms with van der Waals surface area (Å²) in [5, 5.41) is 11.7. The van der Waals surface area contributed by atoms with E-state index in [1.54, 1.807) is 0 Å². The molecule has 0 radical (unpaired) electrons. The normalized spacial score (nSPS) is 15.8. The molecule has 1 aliphatic rings. The maximum atomic E-state index is 12.0. The van der Waals surface area contributed by atoms with Gasteiger partial charge in [0.2, 0.25) is 0 Å². The summed E-state index contributed by atoms with van der Waals surface area (Å²) in [6.45, 7) is 9.15. The second-order valence-corrected chi connectivity index (χ2v) is 7.75. The number of aromatic nitrogens is 1. The molecule has 3 heterocycles. The number of phenols is 1. The van der Waals surface area contributed by atoms with Crippen molar-refractivity contribution in [3.05, 3.63) is 69.3 Å². The van der Waals surface area contributed by atoms with Crippen LogP contribution in [0.1, 0.15) is 29.2 Å². The fourth-order valence-electron chi connectivity index (χ4n) is 4.06. The third-order valence-electron chi connectivity index (χ3n) is 5.77.